The molecule has 3 aliphatic rings. The van der Waals surface area contributed by atoms with E-state index in [4.69, 9.17) is 9.84 Å². The zero-order chi connectivity index (χ0) is 24.3. The molecule has 5 rings (SSSR count). The molecule has 0 radical (unpaired) electrons. The van der Waals surface area contributed by atoms with Crippen LogP contribution in [0.1, 0.15) is 31.0 Å². The maximum absolute atomic E-state index is 13.4. The number of ether oxygens (including phenoxy) is 1. The van der Waals surface area contributed by atoms with E-state index in [1.807, 2.05) is 38.2 Å². The standard InChI is InChI=1S/C23H31N5O5Si/c1-14-21(34(2,3)32)19(6-9-27-13-15(8-11-29)25-26-27)33-23(14)17-12-16(28-10-7-20(28)30)4-5-18(17)24-22(23)31/h4-5,12-14,19,21,29,32H,6-11H2,1-3H3,(H,24,31)/t14-,19+,21-,23+/m0/s1. The minimum Gasteiger partial charge on any atom is -0.432 e. The fourth-order valence-corrected chi connectivity index (χ4v) is 8.45. The minimum absolute atomic E-state index is 0.0103. The number of benzene rings is 1. The molecule has 2 fully saturated rings. The molecule has 2 saturated heterocycles. The molecule has 0 bridgehead atoms. The van der Waals surface area contributed by atoms with E-state index in [9.17, 15) is 14.4 Å². The number of aryl methyl sites for hydroxylation is 1. The van der Waals surface area contributed by atoms with E-state index < -0.39 is 13.9 Å². The highest BCUT2D eigenvalue weighted by Crippen LogP contribution is 2.58. The third-order valence-corrected chi connectivity index (χ3v) is 9.98. The molecule has 4 heterocycles. The lowest BCUT2D eigenvalue weighted by atomic mass is 9.82. The predicted molar refractivity (Wildman–Crippen MR) is 127 cm³/mol. The largest absolute Gasteiger partial charge is 0.432 e. The second kappa shape index (κ2) is 8.26. The van der Waals surface area contributed by atoms with Gasteiger partial charge in [-0.05, 0) is 37.7 Å². The number of carbonyl (C=O) groups excluding carboxylic acids is 2. The predicted octanol–water partition coefficient (Wildman–Crippen LogP) is 1.39. The quantitative estimate of drug-likeness (QED) is 0.399. The van der Waals surface area contributed by atoms with Gasteiger partial charge in [0.15, 0.2) is 13.9 Å². The van der Waals surface area contributed by atoms with Gasteiger partial charge in [-0.3, -0.25) is 14.3 Å². The molecule has 2 amide bonds. The highest BCUT2D eigenvalue weighted by atomic mass is 28.4. The van der Waals surface area contributed by atoms with Crippen LogP contribution in [0.3, 0.4) is 0 Å². The molecule has 10 nitrogen and oxygen atoms in total. The van der Waals surface area contributed by atoms with E-state index >= 15 is 0 Å². The monoisotopic (exact) mass is 485 g/mol. The number of carbonyl (C=O) groups is 2. The Balaban J connectivity index is 1.47. The van der Waals surface area contributed by atoms with Gasteiger partial charge in [-0.1, -0.05) is 12.1 Å². The van der Waals surface area contributed by atoms with Crippen LogP contribution in [0.5, 0.6) is 0 Å². The molecule has 3 aliphatic heterocycles. The number of β-lactam (4-membered cyclic amide) rings is 1. The number of anilines is 2. The number of rotatable bonds is 7. The summed E-state index contributed by atoms with van der Waals surface area (Å²) < 4.78 is 8.36. The maximum atomic E-state index is 13.4. The first-order valence-electron chi connectivity index (χ1n) is 11.8. The lowest BCUT2D eigenvalue weighted by Gasteiger charge is -2.33. The summed E-state index contributed by atoms with van der Waals surface area (Å²) in [6.07, 6.45) is 2.98. The van der Waals surface area contributed by atoms with Gasteiger partial charge in [0.2, 0.25) is 5.91 Å². The van der Waals surface area contributed by atoms with E-state index in [2.05, 4.69) is 15.6 Å². The first kappa shape index (κ1) is 23.2. The van der Waals surface area contributed by atoms with Crippen LogP contribution in [-0.2, 0) is 32.9 Å². The fourth-order valence-electron chi connectivity index (χ4n) is 5.85. The molecule has 4 atom stereocenters. The summed E-state index contributed by atoms with van der Waals surface area (Å²) in [6.45, 7) is 6.96. The summed E-state index contributed by atoms with van der Waals surface area (Å²) in [6, 6.07) is 5.58. The van der Waals surface area contributed by atoms with Gasteiger partial charge in [0.05, 0.1) is 11.8 Å². The molecular weight excluding hydrogens is 454 g/mol. The highest BCUT2D eigenvalue weighted by Gasteiger charge is 2.64. The van der Waals surface area contributed by atoms with Crippen molar-refractivity contribution in [3.8, 4) is 0 Å². The van der Waals surface area contributed by atoms with Crippen LogP contribution in [0.2, 0.25) is 18.6 Å². The van der Waals surface area contributed by atoms with Gasteiger partial charge in [-0.15, -0.1) is 5.10 Å². The van der Waals surface area contributed by atoms with Crippen molar-refractivity contribution < 1.29 is 24.2 Å². The van der Waals surface area contributed by atoms with E-state index in [0.717, 1.165) is 11.3 Å². The lowest BCUT2D eigenvalue weighted by Crippen LogP contribution is -2.44. The van der Waals surface area contributed by atoms with E-state index in [-0.39, 0.29) is 36.0 Å². The van der Waals surface area contributed by atoms with Crippen LogP contribution >= 0.6 is 0 Å². The SMILES string of the molecule is C[C@H]1[C@H]([Si](C)(C)O)[C@@H](CCn2cc(CCO)nn2)O[C@]12C(=O)Nc1ccc(N3CCC3=O)cc12. The summed E-state index contributed by atoms with van der Waals surface area (Å²) >= 11 is 0. The van der Waals surface area contributed by atoms with Gasteiger partial charge >= 0.3 is 0 Å². The maximum Gasteiger partial charge on any atom is 0.261 e. The first-order valence-corrected chi connectivity index (χ1v) is 14.8. The molecule has 1 aromatic heterocycles. The average molecular weight is 486 g/mol. The van der Waals surface area contributed by atoms with E-state index in [0.29, 0.717) is 43.7 Å². The molecule has 1 aromatic carbocycles. The lowest BCUT2D eigenvalue weighted by molar-refractivity contribution is -0.143. The van der Waals surface area contributed by atoms with Gasteiger partial charge in [0, 0.05) is 67.1 Å². The number of aliphatic hydroxyl groups is 1. The smallest absolute Gasteiger partial charge is 0.261 e. The summed E-state index contributed by atoms with van der Waals surface area (Å²) in [4.78, 5) is 38.4. The number of aliphatic hydroxyl groups excluding tert-OH is 1. The normalized spacial score (nSPS) is 28.4. The van der Waals surface area contributed by atoms with Gasteiger partial charge in [-0.25, -0.2) is 0 Å². The summed E-state index contributed by atoms with van der Waals surface area (Å²) in [5.74, 6) is -0.410. The van der Waals surface area contributed by atoms with Crippen LogP contribution < -0.4 is 10.2 Å². The topological polar surface area (TPSA) is 130 Å². The number of nitrogens with zero attached hydrogens (tertiary/aromatic N) is 4. The molecule has 11 heteroatoms. The van der Waals surface area contributed by atoms with Crippen LogP contribution in [0.4, 0.5) is 11.4 Å². The second-order valence-corrected chi connectivity index (χ2v) is 14.0. The van der Waals surface area contributed by atoms with E-state index in [1.54, 1.807) is 15.8 Å². The Labute approximate surface area is 199 Å². The Morgan fingerprint density at radius 3 is 2.76 bits per heavy atom. The summed E-state index contributed by atoms with van der Waals surface area (Å²) in [7, 11) is -2.73. The molecule has 0 saturated carbocycles. The highest BCUT2D eigenvalue weighted by molar-refractivity contribution is 6.71. The van der Waals surface area contributed by atoms with Crippen LogP contribution in [0.15, 0.2) is 24.4 Å². The number of amides is 2. The summed E-state index contributed by atoms with van der Waals surface area (Å²) in [5, 5.41) is 20.3. The van der Waals surface area contributed by atoms with Crippen molar-refractivity contribution in [2.24, 2.45) is 5.92 Å². The Morgan fingerprint density at radius 2 is 2.12 bits per heavy atom. The Hall–Kier alpha value is -2.60. The Morgan fingerprint density at radius 1 is 1.32 bits per heavy atom. The number of nitrogens with one attached hydrogen (secondary N) is 1. The molecule has 3 N–H and O–H groups in total. The molecular formula is C23H31N5O5Si. The first-order chi connectivity index (χ1) is 16.1. The Kier molecular flexibility index (Phi) is 5.62. The average Bonchev–Trinajstić information content (AvgIpc) is 3.41. The fraction of sp³-hybridized carbons (Fsp3) is 0.565. The van der Waals surface area contributed by atoms with Crippen molar-refractivity contribution in [3.05, 3.63) is 35.7 Å². The van der Waals surface area contributed by atoms with Crippen LogP contribution in [-0.4, -0.2) is 64.3 Å². The van der Waals surface area contributed by atoms with Gasteiger partial charge in [0.1, 0.15) is 0 Å². The van der Waals surface area contributed by atoms with Crippen molar-refractivity contribution >= 4 is 31.5 Å². The van der Waals surface area contributed by atoms with Crippen molar-refractivity contribution in [1.29, 1.82) is 0 Å². The number of fused-ring (bicyclic) bond motifs is 2. The van der Waals surface area contributed by atoms with Crippen molar-refractivity contribution in [3.63, 3.8) is 0 Å². The van der Waals surface area contributed by atoms with Gasteiger partial charge in [-0.2, -0.15) is 0 Å². The minimum atomic E-state index is -2.73. The van der Waals surface area contributed by atoms with Crippen molar-refractivity contribution in [2.45, 2.75) is 63.1 Å². The Bertz CT molecular complexity index is 1130. The van der Waals surface area contributed by atoms with Crippen molar-refractivity contribution in [1.82, 2.24) is 15.0 Å². The number of aromatic nitrogens is 3. The molecule has 182 valence electrons. The zero-order valence-corrected chi connectivity index (χ0v) is 20.7. The third kappa shape index (κ3) is 3.58. The third-order valence-electron chi connectivity index (χ3n) is 7.48. The van der Waals surface area contributed by atoms with Crippen molar-refractivity contribution in [2.75, 3.05) is 23.4 Å². The molecule has 34 heavy (non-hydrogen) atoms. The molecule has 0 aliphatic carbocycles. The summed E-state index contributed by atoms with van der Waals surface area (Å²) in [5.41, 5.74) is 1.51. The molecule has 0 unspecified atom stereocenters. The molecule has 1 spiro atoms. The number of hydrogen-bond donors (Lipinski definition) is 3. The van der Waals surface area contributed by atoms with Crippen LogP contribution in [0, 0.1) is 5.92 Å². The van der Waals surface area contributed by atoms with E-state index in [1.165, 1.54) is 0 Å². The van der Waals surface area contributed by atoms with Gasteiger partial charge in [0.25, 0.3) is 5.91 Å². The van der Waals surface area contributed by atoms with Crippen LogP contribution in [0.25, 0.3) is 0 Å². The van der Waals surface area contributed by atoms with Gasteiger partial charge < -0.3 is 24.9 Å². The number of hydrogen-bond acceptors (Lipinski definition) is 7. The second-order valence-electron chi connectivity index (χ2n) is 10.1. The zero-order valence-electron chi connectivity index (χ0n) is 19.7. The molecule has 2 aromatic rings.